The monoisotopic (exact) mass is 348 g/mol. The van der Waals surface area contributed by atoms with Crippen LogP contribution in [0.2, 0.25) is 0 Å². The molecule has 1 fully saturated rings. The Hall–Kier alpha value is -2.35. The van der Waals surface area contributed by atoms with E-state index < -0.39 is 9.84 Å². The maximum atomic E-state index is 11.6. The molecule has 2 N–H and O–H groups in total. The molecule has 0 amide bonds. The number of methoxy groups -OCH3 is 1. The van der Waals surface area contributed by atoms with Crippen LogP contribution in [0.4, 0.5) is 17.5 Å². The third kappa shape index (κ3) is 4.14. The molecule has 0 saturated carbocycles. The van der Waals surface area contributed by atoms with Gasteiger partial charge in [-0.1, -0.05) is 6.07 Å². The van der Waals surface area contributed by atoms with E-state index in [4.69, 9.17) is 4.74 Å². The highest BCUT2D eigenvalue weighted by molar-refractivity contribution is 7.91. The van der Waals surface area contributed by atoms with Crippen LogP contribution in [-0.4, -0.2) is 43.0 Å². The third-order valence-corrected chi connectivity index (χ3v) is 5.53. The number of hydrogen-bond donors (Lipinski definition) is 2. The van der Waals surface area contributed by atoms with E-state index in [0.717, 1.165) is 17.1 Å². The number of rotatable bonds is 5. The highest BCUT2D eigenvalue weighted by Crippen LogP contribution is 2.22. The van der Waals surface area contributed by atoms with Gasteiger partial charge in [-0.15, -0.1) is 0 Å². The summed E-state index contributed by atoms with van der Waals surface area (Å²) in [6.07, 6.45) is 0.582. The fraction of sp³-hybridized carbons (Fsp3) is 0.375. The fourth-order valence-corrected chi connectivity index (χ4v) is 4.31. The van der Waals surface area contributed by atoms with Gasteiger partial charge >= 0.3 is 0 Å². The second-order valence-corrected chi connectivity index (χ2v) is 8.05. The molecule has 1 saturated heterocycles. The highest BCUT2D eigenvalue weighted by Gasteiger charge is 2.28. The van der Waals surface area contributed by atoms with Crippen LogP contribution in [0, 0.1) is 6.92 Å². The molecule has 7 nitrogen and oxygen atoms in total. The third-order valence-electron chi connectivity index (χ3n) is 3.76. The van der Waals surface area contributed by atoms with E-state index in [2.05, 4.69) is 20.6 Å². The smallest absolute Gasteiger partial charge is 0.225 e. The van der Waals surface area contributed by atoms with Crippen LogP contribution in [0.1, 0.15) is 12.1 Å². The Bertz CT molecular complexity index is 839. The lowest BCUT2D eigenvalue weighted by atomic mass is 10.3. The zero-order chi connectivity index (χ0) is 17.2. The van der Waals surface area contributed by atoms with E-state index in [-0.39, 0.29) is 17.5 Å². The van der Waals surface area contributed by atoms with Crippen LogP contribution >= 0.6 is 0 Å². The van der Waals surface area contributed by atoms with Crippen molar-refractivity contribution in [3.63, 3.8) is 0 Å². The number of hydrogen-bond acceptors (Lipinski definition) is 7. The number of nitrogens with zero attached hydrogens (tertiary/aromatic N) is 2. The molecule has 1 unspecified atom stereocenters. The lowest BCUT2D eigenvalue weighted by molar-refractivity contribution is 0.415. The summed E-state index contributed by atoms with van der Waals surface area (Å²) >= 11 is 0. The molecular weight excluding hydrogens is 328 g/mol. The molecule has 24 heavy (non-hydrogen) atoms. The van der Waals surface area contributed by atoms with Crippen LogP contribution in [-0.2, 0) is 9.84 Å². The lowest BCUT2D eigenvalue weighted by Gasteiger charge is -2.13. The van der Waals surface area contributed by atoms with Crippen LogP contribution in [0.3, 0.4) is 0 Å². The van der Waals surface area contributed by atoms with Gasteiger partial charge in [0.05, 0.1) is 18.6 Å². The Balaban J connectivity index is 1.76. The number of anilines is 3. The van der Waals surface area contributed by atoms with Crippen molar-refractivity contribution in [3.8, 4) is 5.75 Å². The first-order valence-corrected chi connectivity index (χ1v) is 9.49. The molecule has 0 aliphatic carbocycles. The van der Waals surface area contributed by atoms with Gasteiger partial charge in [0.1, 0.15) is 11.6 Å². The zero-order valence-corrected chi connectivity index (χ0v) is 14.4. The molecule has 128 valence electrons. The Kier molecular flexibility index (Phi) is 4.57. The van der Waals surface area contributed by atoms with Gasteiger partial charge in [0.15, 0.2) is 9.84 Å². The van der Waals surface area contributed by atoms with E-state index in [0.29, 0.717) is 18.2 Å². The van der Waals surface area contributed by atoms with Crippen LogP contribution in [0.15, 0.2) is 30.3 Å². The van der Waals surface area contributed by atoms with Gasteiger partial charge in [-0.25, -0.2) is 13.4 Å². The number of sulfone groups is 1. The van der Waals surface area contributed by atoms with E-state index in [9.17, 15) is 8.42 Å². The molecule has 1 aromatic carbocycles. The maximum absolute atomic E-state index is 11.6. The van der Waals surface area contributed by atoms with Gasteiger partial charge in [0.25, 0.3) is 0 Å². The van der Waals surface area contributed by atoms with E-state index >= 15 is 0 Å². The molecule has 1 aliphatic rings. The standard InChI is InChI=1S/C16H20N4O3S/c1-11-8-15(18-12-4-3-5-14(9-12)23-2)20-16(17-11)19-13-6-7-24(21,22)10-13/h3-5,8-9,13H,6-7,10H2,1-2H3,(H2,17,18,19,20). The van der Waals surface area contributed by atoms with E-state index in [1.165, 1.54) is 0 Å². The van der Waals surface area contributed by atoms with Crippen molar-refractivity contribution in [2.75, 3.05) is 29.2 Å². The summed E-state index contributed by atoms with van der Waals surface area (Å²) in [4.78, 5) is 8.77. The first kappa shape index (κ1) is 16.5. The normalized spacial score (nSPS) is 19.0. The SMILES string of the molecule is COc1cccc(Nc2cc(C)nc(NC3CCS(=O)(=O)C3)n2)c1. The molecular formula is C16H20N4O3S. The molecule has 1 aliphatic heterocycles. The summed E-state index contributed by atoms with van der Waals surface area (Å²) in [5.41, 5.74) is 1.64. The largest absolute Gasteiger partial charge is 0.497 e. The molecule has 0 bridgehead atoms. The fourth-order valence-electron chi connectivity index (χ4n) is 2.64. The summed E-state index contributed by atoms with van der Waals surface area (Å²) in [5.74, 6) is 2.16. The summed E-state index contributed by atoms with van der Waals surface area (Å²) in [6, 6.07) is 9.23. The van der Waals surface area contributed by atoms with Crippen molar-refractivity contribution < 1.29 is 13.2 Å². The Morgan fingerprint density at radius 2 is 2.08 bits per heavy atom. The minimum absolute atomic E-state index is 0.128. The van der Waals surface area contributed by atoms with Crippen molar-refractivity contribution in [2.45, 2.75) is 19.4 Å². The van der Waals surface area contributed by atoms with Gasteiger partial charge in [0.2, 0.25) is 5.95 Å². The maximum Gasteiger partial charge on any atom is 0.225 e. The Morgan fingerprint density at radius 1 is 1.25 bits per heavy atom. The molecule has 8 heteroatoms. The minimum Gasteiger partial charge on any atom is -0.497 e. The number of nitrogens with one attached hydrogen (secondary N) is 2. The summed E-state index contributed by atoms with van der Waals surface area (Å²) < 4.78 is 28.3. The van der Waals surface area contributed by atoms with Crippen molar-refractivity contribution in [2.24, 2.45) is 0 Å². The molecule has 1 aromatic heterocycles. The summed E-state index contributed by atoms with van der Waals surface area (Å²) in [5, 5.41) is 6.33. The summed E-state index contributed by atoms with van der Waals surface area (Å²) in [6.45, 7) is 1.87. The van der Waals surface area contributed by atoms with Gasteiger partial charge in [-0.3, -0.25) is 0 Å². The first-order chi connectivity index (χ1) is 11.4. The van der Waals surface area contributed by atoms with E-state index in [1.807, 2.05) is 37.3 Å². The molecule has 1 atom stereocenters. The molecule has 2 aromatic rings. The van der Waals surface area contributed by atoms with Gasteiger partial charge in [0, 0.05) is 29.6 Å². The number of aromatic nitrogens is 2. The van der Waals surface area contributed by atoms with Gasteiger partial charge < -0.3 is 15.4 Å². The zero-order valence-electron chi connectivity index (χ0n) is 13.6. The topological polar surface area (TPSA) is 93.2 Å². The Morgan fingerprint density at radius 3 is 2.79 bits per heavy atom. The number of aryl methyl sites for hydroxylation is 1. The second kappa shape index (κ2) is 6.64. The number of benzene rings is 1. The van der Waals surface area contributed by atoms with Crippen molar-refractivity contribution in [1.82, 2.24) is 9.97 Å². The average Bonchev–Trinajstić information content (AvgIpc) is 2.85. The van der Waals surface area contributed by atoms with Crippen LogP contribution in [0.5, 0.6) is 5.75 Å². The van der Waals surface area contributed by atoms with Crippen molar-refractivity contribution in [3.05, 3.63) is 36.0 Å². The average molecular weight is 348 g/mol. The quantitative estimate of drug-likeness (QED) is 0.855. The first-order valence-electron chi connectivity index (χ1n) is 7.67. The van der Waals surface area contributed by atoms with Gasteiger partial charge in [-0.05, 0) is 25.5 Å². The minimum atomic E-state index is -2.94. The molecule has 0 radical (unpaired) electrons. The lowest BCUT2D eigenvalue weighted by Crippen LogP contribution is -2.22. The predicted octanol–water partition coefficient (Wildman–Crippen LogP) is 2.14. The highest BCUT2D eigenvalue weighted by atomic mass is 32.2. The molecule has 2 heterocycles. The van der Waals surface area contributed by atoms with Crippen molar-refractivity contribution >= 4 is 27.3 Å². The Labute approximate surface area is 141 Å². The molecule has 0 spiro atoms. The van der Waals surface area contributed by atoms with Crippen LogP contribution < -0.4 is 15.4 Å². The predicted molar refractivity (Wildman–Crippen MR) is 93.7 cm³/mol. The van der Waals surface area contributed by atoms with Crippen LogP contribution in [0.25, 0.3) is 0 Å². The van der Waals surface area contributed by atoms with Crippen molar-refractivity contribution in [1.29, 1.82) is 0 Å². The second-order valence-electron chi connectivity index (χ2n) is 5.82. The van der Waals surface area contributed by atoms with Gasteiger partial charge in [-0.2, -0.15) is 4.98 Å². The van der Waals surface area contributed by atoms with E-state index in [1.54, 1.807) is 7.11 Å². The molecule has 3 rings (SSSR count). The summed E-state index contributed by atoms with van der Waals surface area (Å²) in [7, 11) is -1.32. The number of ether oxygens (including phenoxy) is 1.